The van der Waals surface area contributed by atoms with Gasteiger partial charge in [-0.15, -0.1) is 12.4 Å². The standard InChI is InChI=1S/C12H18N2O.ClH/c1-4-10-7-11(6-5-8(10)2)14-12(15)9(3)13;/h5-7,9H,4,13H2,1-3H3,(H,14,15);1H/t9-;/m0./s1. The quantitative estimate of drug-likeness (QED) is 0.854. The molecule has 90 valence electrons. The minimum atomic E-state index is -0.476. The highest BCUT2D eigenvalue weighted by atomic mass is 35.5. The largest absolute Gasteiger partial charge is 0.325 e. The van der Waals surface area contributed by atoms with Crippen LogP contribution in [-0.4, -0.2) is 11.9 Å². The maximum Gasteiger partial charge on any atom is 0.240 e. The molecule has 3 nitrogen and oxygen atoms in total. The molecular weight excluding hydrogens is 224 g/mol. The third kappa shape index (κ3) is 3.83. The van der Waals surface area contributed by atoms with Crippen molar-refractivity contribution < 1.29 is 4.79 Å². The second-order valence-corrected chi connectivity index (χ2v) is 3.77. The smallest absolute Gasteiger partial charge is 0.240 e. The van der Waals surface area contributed by atoms with Crippen LogP contribution >= 0.6 is 12.4 Å². The molecule has 0 saturated carbocycles. The van der Waals surface area contributed by atoms with Crippen LogP contribution in [0, 0.1) is 6.92 Å². The molecule has 1 aromatic rings. The number of hydrogen-bond donors (Lipinski definition) is 2. The molecule has 0 aliphatic heterocycles. The third-order valence-electron chi connectivity index (χ3n) is 2.41. The number of anilines is 1. The van der Waals surface area contributed by atoms with E-state index in [1.807, 2.05) is 18.2 Å². The van der Waals surface area contributed by atoms with Gasteiger partial charge < -0.3 is 11.1 Å². The van der Waals surface area contributed by atoms with Crippen LogP contribution < -0.4 is 11.1 Å². The fourth-order valence-electron chi connectivity index (χ4n) is 1.39. The third-order valence-corrected chi connectivity index (χ3v) is 2.41. The molecular formula is C12H19ClN2O. The van der Waals surface area contributed by atoms with Gasteiger partial charge in [0.15, 0.2) is 0 Å². The summed E-state index contributed by atoms with van der Waals surface area (Å²) < 4.78 is 0. The van der Waals surface area contributed by atoms with Crippen LogP contribution in [-0.2, 0) is 11.2 Å². The van der Waals surface area contributed by atoms with Crippen molar-refractivity contribution in [1.29, 1.82) is 0 Å². The molecule has 0 bridgehead atoms. The van der Waals surface area contributed by atoms with Crippen molar-refractivity contribution >= 4 is 24.0 Å². The number of nitrogens with two attached hydrogens (primary N) is 1. The molecule has 0 radical (unpaired) electrons. The Balaban J connectivity index is 0.00000225. The summed E-state index contributed by atoms with van der Waals surface area (Å²) in [7, 11) is 0. The van der Waals surface area contributed by atoms with E-state index in [2.05, 4.69) is 19.2 Å². The predicted octanol–water partition coefficient (Wildman–Crippen LogP) is 2.26. The molecule has 0 fully saturated rings. The summed E-state index contributed by atoms with van der Waals surface area (Å²) in [5.41, 5.74) is 8.79. The van der Waals surface area contributed by atoms with Gasteiger partial charge in [0.2, 0.25) is 5.91 Å². The molecule has 0 aliphatic carbocycles. The minimum absolute atomic E-state index is 0. The normalized spacial score (nSPS) is 11.5. The van der Waals surface area contributed by atoms with Gasteiger partial charge in [0.25, 0.3) is 0 Å². The topological polar surface area (TPSA) is 55.1 Å². The second-order valence-electron chi connectivity index (χ2n) is 3.77. The molecule has 0 aromatic heterocycles. The Labute approximate surface area is 103 Å². The number of benzene rings is 1. The van der Waals surface area contributed by atoms with E-state index in [1.54, 1.807) is 6.92 Å². The van der Waals surface area contributed by atoms with E-state index < -0.39 is 6.04 Å². The molecule has 0 spiro atoms. The van der Waals surface area contributed by atoms with E-state index in [4.69, 9.17) is 5.73 Å². The minimum Gasteiger partial charge on any atom is -0.325 e. The molecule has 0 saturated heterocycles. The van der Waals surface area contributed by atoms with Crippen molar-refractivity contribution in [3.05, 3.63) is 29.3 Å². The number of hydrogen-bond acceptors (Lipinski definition) is 2. The van der Waals surface area contributed by atoms with Crippen molar-refractivity contribution in [3.63, 3.8) is 0 Å². The molecule has 4 heteroatoms. The first-order valence-corrected chi connectivity index (χ1v) is 5.20. The van der Waals surface area contributed by atoms with E-state index >= 15 is 0 Å². The summed E-state index contributed by atoms with van der Waals surface area (Å²) in [5, 5.41) is 2.78. The molecule has 0 unspecified atom stereocenters. The molecule has 1 rings (SSSR count). The number of rotatable bonds is 3. The van der Waals surface area contributed by atoms with Crippen molar-refractivity contribution in [2.24, 2.45) is 5.73 Å². The van der Waals surface area contributed by atoms with Crippen molar-refractivity contribution in [1.82, 2.24) is 0 Å². The van der Waals surface area contributed by atoms with Crippen LogP contribution in [0.25, 0.3) is 0 Å². The Morgan fingerprint density at radius 2 is 2.12 bits per heavy atom. The highest BCUT2D eigenvalue weighted by Crippen LogP contribution is 2.15. The van der Waals surface area contributed by atoms with Crippen molar-refractivity contribution in [2.45, 2.75) is 33.2 Å². The summed E-state index contributed by atoms with van der Waals surface area (Å²) in [6.07, 6.45) is 0.966. The Kier molecular flexibility index (Phi) is 6.08. The van der Waals surface area contributed by atoms with Gasteiger partial charge in [0.05, 0.1) is 6.04 Å². The van der Waals surface area contributed by atoms with Gasteiger partial charge in [-0.3, -0.25) is 4.79 Å². The Hall–Kier alpha value is -1.06. The summed E-state index contributed by atoms with van der Waals surface area (Å²) in [4.78, 5) is 11.4. The maximum absolute atomic E-state index is 11.4. The van der Waals surface area contributed by atoms with Crippen LogP contribution in [0.2, 0.25) is 0 Å². The molecule has 1 amide bonds. The van der Waals surface area contributed by atoms with Gasteiger partial charge in [-0.1, -0.05) is 13.0 Å². The molecule has 0 aliphatic rings. The molecule has 3 N–H and O–H groups in total. The van der Waals surface area contributed by atoms with Crippen LogP contribution in [0.15, 0.2) is 18.2 Å². The lowest BCUT2D eigenvalue weighted by atomic mass is 10.1. The van der Waals surface area contributed by atoms with Gasteiger partial charge >= 0.3 is 0 Å². The van der Waals surface area contributed by atoms with Gasteiger partial charge in [-0.2, -0.15) is 0 Å². The highest BCUT2D eigenvalue weighted by Gasteiger charge is 2.07. The summed E-state index contributed by atoms with van der Waals surface area (Å²) >= 11 is 0. The van der Waals surface area contributed by atoms with Gasteiger partial charge in [0.1, 0.15) is 0 Å². The zero-order valence-corrected chi connectivity index (χ0v) is 10.7. The monoisotopic (exact) mass is 242 g/mol. The average molecular weight is 243 g/mol. The summed E-state index contributed by atoms with van der Waals surface area (Å²) in [6, 6.07) is 5.43. The lowest BCUT2D eigenvalue weighted by molar-refractivity contribution is -0.117. The SMILES string of the molecule is CCc1cc(NC(=O)[C@H](C)N)ccc1C.Cl. The molecule has 1 aromatic carbocycles. The number of carbonyl (C=O) groups is 1. The molecule has 0 heterocycles. The zero-order valence-electron chi connectivity index (χ0n) is 9.91. The summed E-state index contributed by atoms with van der Waals surface area (Å²) in [6.45, 7) is 5.83. The lowest BCUT2D eigenvalue weighted by Crippen LogP contribution is -2.32. The van der Waals surface area contributed by atoms with Crippen LogP contribution in [0.5, 0.6) is 0 Å². The zero-order chi connectivity index (χ0) is 11.4. The van der Waals surface area contributed by atoms with E-state index in [0.29, 0.717) is 0 Å². The van der Waals surface area contributed by atoms with Crippen molar-refractivity contribution in [3.8, 4) is 0 Å². The number of aryl methyl sites for hydroxylation is 2. The number of amides is 1. The Morgan fingerprint density at radius 1 is 1.50 bits per heavy atom. The molecule has 1 atom stereocenters. The van der Waals surface area contributed by atoms with Crippen LogP contribution in [0.3, 0.4) is 0 Å². The van der Waals surface area contributed by atoms with Gasteiger partial charge in [-0.25, -0.2) is 0 Å². The Bertz CT molecular complexity index is 364. The first kappa shape index (κ1) is 14.9. The van der Waals surface area contributed by atoms with E-state index in [9.17, 15) is 4.79 Å². The van der Waals surface area contributed by atoms with E-state index in [0.717, 1.165) is 12.1 Å². The van der Waals surface area contributed by atoms with E-state index in [1.165, 1.54) is 11.1 Å². The Morgan fingerprint density at radius 3 is 2.62 bits per heavy atom. The first-order valence-electron chi connectivity index (χ1n) is 5.20. The van der Waals surface area contributed by atoms with Crippen LogP contribution in [0.1, 0.15) is 25.0 Å². The fourth-order valence-corrected chi connectivity index (χ4v) is 1.39. The lowest BCUT2D eigenvalue weighted by Gasteiger charge is -2.10. The van der Waals surface area contributed by atoms with Crippen LogP contribution in [0.4, 0.5) is 5.69 Å². The van der Waals surface area contributed by atoms with E-state index in [-0.39, 0.29) is 18.3 Å². The second kappa shape index (κ2) is 6.51. The van der Waals surface area contributed by atoms with Crippen molar-refractivity contribution in [2.75, 3.05) is 5.32 Å². The number of halogens is 1. The van der Waals surface area contributed by atoms with Gasteiger partial charge in [-0.05, 0) is 43.5 Å². The highest BCUT2D eigenvalue weighted by molar-refractivity contribution is 5.94. The van der Waals surface area contributed by atoms with Gasteiger partial charge in [0, 0.05) is 5.69 Å². The fraction of sp³-hybridized carbons (Fsp3) is 0.417. The molecule has 16 heavy (non-hydrogen) atoms. The first-order chi connectivity index (χ1) is 7.04. The predicted molar refractivity (Wildman–Crippen MR) is 70.1 cm³/mol. The number of nitrogens with one attached hydrogen (secondary N) is 1. The number of carbonyl (C=O) groups excluding carboxylic acids is 1. The summed E-state index contributed by atoms with van der Waals surface area (Å²) in [5.74, 6) is -0.152. The average Bonchev–Trinajstić information content (AvgIpc) is 2.20. The maximum atomic E-state index is 11.4.